The van der Waals surface area contributed by atoms with E-state index in [0.717, 1.165) is 25.7 Å². The number of imidazole rings is 1. The monoisotopic (exact) mass is 396 g/mol. The second kappa shape index (κ2) is 4.89. The van der Waals surface area contributed by atoms with Crippen molar-refractivity contribution < 1.29 is 0 Å². The third-order valence-electron chi connectivity index (χ3n) is 2.99. The number of halogens is 2. The summed E-state index contributed by atoms with van der Waals surface area (Å²) in [5.74, 6) is 0. The lowest BCUT2D eigenvalue weighted by Crippen LogP contribution is -1.95. The van der Waals surface area contributed by atoms with Crippen LogP contribution in [0.1, 0.15) is 5.56 Å². The second-order valence-electron chi connectivity index (χ2n) is 4.38. The molecule has 3 aromatic rings. The highest BCUT2D eigenvalue weighted by Gasteiger charge is 2.09. The Hall–Kier alpha value is -0.910. The zero-order chi connectivity index (χ0) is 13.6. The van der Waals surface area contributed by atoms with Gasteiger partial charge in [-0.05, 0) is 71.0 Å². The van der Waals surface area contributed by atoms with E-state index in [0.29, 0.717) is 4.77 Å². The maximum absolute atomic E-state index is 5.44. The predicted molar refractivity (Wildman–Crippen MR) is 88.6 cm³/mol. The maximum atomic E-state index is 5.44. The van der Waals surface area contributed by atoms with Crippen LogP contribution < -0.4 is 0 Å². The molecule has 0 fully saturated rings. The van der Waals surface area contributed by atoms with Gasteiger partial charge < -0.3 is 4.98 Å². The van der Waals surface area contributed by atoms with Gasteiger partial charge in [-0.25, -0.2) is 0 Å². The number of nitrogens with one attached hydrogen (secondary N) is 1. The first kappa shape index (κ1) is 13.1. The largest absolute Gasteiger partial charge is 0.330 e. The molecule has 2 nitrogen and oxygen atoms in total. The van der Waals surface area contributed by atoms with E-state index in [2.05, 4.69) is 68.0 Å². The Balaban J connectivity index is 2.36. The number of benzene rings is 2. The van der Waals surface area contributed by atoms with Gasteiger partial charge in [-0.15, -0.1) is 0 Å². The van der Waals surface area contributed by atoms with E-state index in [9.17, 15) is 0 Å². The van der Waals surface area contributed by atoms with Gasteiger partial charge in [-0.1, -0.05) is 22.0 Å². The van der Waals surface area contributed by atoms with Crippen molar-refractivity contribution >= 4 is 55.1 Å². The number of aryl methyl sites for hydroxylation is 1. The molecule has 0 saturated carbocycles. The average Bonchev–Trinajstić information content (AvgIpc) is 2.65. The molecule has 96 valence electrons. The van der Waals surface area contributed by atoms with Crippen molar-refractivity contribution in [1.29, 1.82) is 0 Å². The van der Waals surface area contributed by atoms with Gasteiger partial charge in [0.15, 0.2) is 4.77 Å². The molecule has 1 N–H and O–H groups in total. The predicted octanol–water partition coefficient (Wildman–Crippen LogP) is 5.52. The van der Waals surface area contributed by atoms with E-state index in [-0.39, 0.29) is 0 Å². The third-order valence-corrected chi connectivity index (χ3v) is 4.40. The summed E-state index contributed by atoms with van der Waals surface area (Å²) in [6.07, 6.45) is 0. The molecule has 0 aliphatic carbocycles. The van der Waals surface area contributed by atoms with Crippen LogP contribution in [0.5, 0.6) is 0 Å². The first-order valence-electron chi connectivity index (χ1n) is 5.73. The maximum Gasteiger partial charge on any atom is 0.182 e. The third kappa shape index (κ3) is 2.30. The molecule has 0 aliphatic rings. The van der Waals surface area contributed by atoms with E-state index < -0.39 is 0 Å². The van der Waals surface area contributed by atoms with Crippen molar-refractivity contribution in [3.63, 3.8) is 0 Å². The van der Waals surface area contributed by atoms with Gasteiger partial charge >= 0.3 is 0 Å². The van der Waals surface area contributed by atoms with Crippen molar-refractivity contribution in [1.82, 2.24) is 9.55 Å². The van der Waals surface area contributed by atoms with Crippen LogP contribution in [0.4, 0.5) is 0 Å². The molecule has 0 amide bonds. The Morgan fingerprint density at radius 3 is 2.63 bits per heavy atom. The molecule has 3 rings (SSSR count). The SMILES string of the molecule is Cc1ccc(-n2c(=S)[nH]c3cc(Br)ccc32)c(Br)c1. The zero-order valence-electron chi connectivity index (χ0n) is 10.1. The standard InChI is InChI=1S/C14H10Br2N2S/c1-8-2-4-12(10(16)6-8)18-13-5-3-9(15)7-11(13)17-14(18)19/h2-7H,1H3,(H,17,19). The van der Waals surface area contributed by atoms with Crippen LogP contribution in [0.2, 0.25) is 0 Å². The van der Waals surface area contributed by atoms with Gasteiger partial charge in [0, 0.05) is 8.95 Å². The molecule has 0 radical (unpaired) electrons. The molecular weight excluding hydrogens is 388 g/mol. The molecule has 0 atom stereocenters. The Morgan fingerprint density at radius 1 is 1.11 bits per heavy atom. The molecule has 1 aromatic heterocycles. The number of fused-ring (bicyclic) bond motifs is 1. The molecule has 1 heterocycles. The van der Waals surface area contributed by atoms with Gasteiger partial charge in [0.05, 0.1) is 16.7 Å². The van der Waals surface area contributed by atoms with Crippen LogP contribution in [-0.2, 0) is 0 Å². The molecule has 19 heavy (non-hydrogen) atoms. The summed E-state index contributed by atoms with van der Waals surface area (Å²) in [5.41, 5.74) is 4.35. The summed E-state index contributed by atoms with van der Waals surface area (Å²) < 4.78 is 4.80. The minimum absolute atomic E-state index is 0.692. The molecule has 0 aliphatic heterocycles. The van der Waals surface area contributed by atoms with Crippen LogP contribution in [0.25, 0.3) is 16.7 Å². The lowest BCUT2D eigenvalue weighted by Gasteiger charge is -2.08. The summed E-state index contributed by atoms with van der Waals surface area (Å²) in [4.78, 5) is 3.24. The van der Waals surface area contributed by atoms with Gasteiger partial charge in [0.25, 0.3) is 0 Å². The quantitative estimate of drug-likeness (QED) is 0.536. The van der Waals surface area contributed by atoms with Crippen molar-refractivity contribution in [3.8, 4) is 5.69 Å². The first-order valence-corrected chi connectivity index (χ1v) is 7.72. The molecule has 0 saturated heterocycles. The van der Waals surface area contributed by atoms with Crippen LogP contribution >= 0.6 is 44.1 Å². The van der Waals surface area contributed by atoms with E-state index in [4.69, 9.17) is 12.2 Å². The summed E-state index contributed by atoms with van der Waals surface area (Å²) in [6, 6.07) is 12.4. The first-order chi connectivity index (χ1) is 9.06. The van der Waals surface area contributed by atoms with Gasteiger partial charge in [-0.3, -0.25) is 4.57 Å². The number of aromatic nitrogens is 2. The second-order valence-corrected chi connectivity index (χ2v) is 6.54. The van der Waals surface area contributed by atoms with Crippen LogP contribution in [-0.4, -0.2) is 9.55 Å². The van der Waals surface area contributed by atoms with Crippen molar-refractivity contribution in [3.05, 3.63) is 55.7 Å². The van der Waals surface area contributed by atoms with Gasteiger partial charge in [0.2, 0.25) is 0 Å². The highest BCUT2D eigenvalue weighted by atomic mass is 79.9. The number of hydrogen-bond acceptors (Lipinski definition) is 1. The fraction of sp³-hybridized carbons (Fsp3) is 0.0714. The lowest BCUT2D eigenvalue weighted by atomic mass is 10.2. The van der Waals surface area contributed by atoms with Crippen molar-refractivity contribution in [2.45, 2.75) is 6.92 Å². The van der Waals surface area contributed by atoms with E-state index in [1.165, 1.54) is 5.56 Å². The Bertz CT molecular complexity index is 833. The number of H-pyrrole nitrogens is 1. The fourth-order valence-corrected chi connectivity index (χ4v) is 3.45. The summed E-state index contributed by atoms with van der Waals surface area (Å²) >= 11 is 12.5. The molecule has 5 heteroatoms. The van der Waals surface area contributed by atoms with E-state index in [1.54, 1.807) is 0 Å². The summed E-state index contributed by atoms with van der Waals surface area (Å²) in [6.45, 7) is 2.07. The average molecular weight is 398 g/mol. The van der Waals surface area contributed by atoms with E-state index >= 15 is 0 Å². The fourth-order valence-electron chi connectivity index (χ4n) is 2.12. The molecule has 0 bridgehead atoms. The molecular formula is C14H10Br2N2S. The highest BCUT2D eigenvalue weighted by Crippen LogP contribution is 2.28. The number of nitrogens with zero attached hydrogens (tertiary/aromatic N) is 1. The van der Waals surface area contributed by atoms with Crippen LogP contribution in [0.3, 0.4) is 0 Å². The summed E-state index contributed by atoms with van der Waals surface area (Å²) in [5, 5.41) is 0. The molecule has 0 spiro atoms. The van der Waals surface area contributed by atoms with Gasteiger partial charge in [-0.2, -0.15) is 0 Å². The smallest absolute Gasteiger partial charge is 0.182 e. The Labute approximate surface area is 132 Å². The normalized spacial score (nSPS) is 11.1. The topological polar surface area (TPSA) is 20.7 Å². The minimum Gasteiger partial charge on any atom is -0.330 e. The number of hydrogen-bond donors (Lipinski definition) is 1. The van der Waals surface area contributed by atoms with E-state index in [1.807, 2.05) is 16.7 Å². The van der Waals surface area contributed by atoms with Crippen molar-refractivity contribution in [2.75, 3.05) is 0 Å². The zero-order valence-corrected chi connectivity index (χ0v) is 14.1. The lowest BCUT2D eigenvalue weighted by molar-refractivity contribution is 1.05. The Kier molecular flexibility index (Phi) is 3.37. The van der Waals surface area contributed by atoms with Crippen LogP contribution in [0, 0.1) is 11.7 Å². The molecule has 0 unspecified atom stereocenters. The number of rotatable bonds is 1. The highest BCUT2D eigenvalue weighted by molar-refractivity contribution is 9.10. The van der Waals surface area contributed by atoms with Gasteiger partial charge in [0.1, 0.15) is 0 Å². The molecule has 2 aromatic carbocycles. The minimum atomic E-state index is 0.692. The van der Waals surface area contributed by atoms with Crippen LogP contribution in [0.15, 0.2) is 45.3 Å². The summed E-state index contributed by atoms with van der Waals surface area (Å²) in [7, 11) is 0. The van der Waals surface area contributed by atoms with Crippen molar-refractivity contribution in [2.24, 2.45) is 0 Å². The Morgan fingerprint density at radius 2 is 1.89 bits per heavy atom. The number of aromatic amines is 1.